The van der Waals surface area contributed by atoms with Crippen LogP contribution >= 0.6 is 0 Å². The SMILES string of the molecule is CCOc1cc(C(Nc2ccc3c(N)ncnc3c2)C(=O)NS(C)(=O)=O)cc[c]1[Po][CH3]. The van der Waals surface area contributed by atoms with Gasteiger partial charge in [-0.25, -0.2) is 0 Å². The Morgan fingerprint density at radius 1 is 1.23 bits per heavy atom. The molecule has 0 radical (unpaired) electrons. The van der Waals surface area contributed by atoms with Gasteiger partial charge in [-0.05, 0) is 0 Å². The van der Waals surface area contributed by atoms with Crippen LogP contribution in [0.15, 0.2) is 42.7 Å². The fourth-order valence-electron chi connectivity index (χ4n) is 3.02. The fourth-order valence-corrected chi connectivity index (χ4v) is 5.53. The minimum absolute atomic E-state index is 0.351. The summed E-state index contributed by atoms with van der Waals surface area (Å²) < 4.78 is 34.6. The fraction of sp³-hybridized carbons (Fsp3) is 0.250. The Balaban J connectivity index is 2.03. The van der Waals surface area contributed by atoms with E-state index >= 15 is 0 Å². The average Bonchev–Trinajstić information content (AvgIpc) is 2.71. The van der Waals surface area contributed by atoms with Gasteiger partial charge < -0.3 is 0 Å². The van der Waals surface area contributed by atoms with Crippen LogP contribution in [-0.2, 0) is 14.8 Å². The van der Waals surface area contributed by atoms with Crippen LogP contribution in [0.2, 0.25) is 4.58 Å². The van der Waals surface area contributed by atoms with Gasteiger partial charge in [-0.2, -0.15) is 0 Å². The van der Waals surface area contributed by atoms with Crippen LogP contribution < -0.4 is 23.7 Å². The molecule has 1 aromatic heterocycles. The van der Waals surface area contributed by atoms with Crippen molar-refractivity contribution in [2.45, 2.75) is 17.5 Å². The second kappa shape index (κ2) is 9.75. The van der Waals surface area contributed by atoms with Crippen molar-refractivity contribution in [3.63, 3.8) is 0 Å². The van der Waals surface area contributed by atoms with Gasteiger partial charge in [0, 0.05) is 0 Å². The zero-order valence-corrected chi connectivity index (χ0v) is 21.2. The number of carbonyl (C=O) groups is 1. The van der Waals surface area contributed by atoms with E-state index in [1.165, 1.54) is 6.33 Å². The number of rotatable bonds is 8. The van der Waals surface area contributed by atoms with Crippen LogP contribution in [0.4, 0.5) is 11.5 Å². The van der Waals surface area contributed by atoms with Gasteiger partial charge in [-0.1, -0.05) is 0 Å². The van der Waals surface area contributed by atoms with Crippen LogP contribution in [-0.4, -0.2) is 60.7 Å². The van der Waals surface area contributed by atoms with E-state index in [2.05, 4.69) is 24.6 Å². The molecule has 31 heavy (non-hydrogen) atoms. The van der Waals surface area contributed by atoms with E-state index in [0.29, 0.717) is 34.6 Å². The number of nitrogen functional groups attached to an aromatic ring is 1. The first-order valence-corrected chi connectivity index (χ1v) is 16.0. The van der Waals surface area contributed by atoms with Crippen molar-refractivity contribution in [3.8, 4) is 5.75 Å². The summed E-state index contributed by atoms with van der Waals surface area (Å²) in [5.41, 5.74) is 7.64. The summed E-state index contributed by atoms with van der Waals surface area (Å²) in [6, 6.07) is 9.80. The number of fused-ring (bicyclic) bond motifs is 1. The molecule has 0 spiro atoms. The van der Waals surface area contributed by atoms with Crippen LogP contribution in [0.25, 0.3) is 10.9 Å². The van der Waals surface area contributed by atoms with Gasteiger partial charge in [-0.3, -0.25) is 0 Å². The van der Waals surface area contributed by atoms with E-state index in [4.69, 9.17) is 10.5 Å². The molecule has 0 saturated heterocycles. The molecule has 1 atom stereocenters. The third kappa shape index (κ3) is 5.80. The Morgan fingerprint density at radius 3 is 2.68 bits per heavy atom. The molecule has 0 saturated carbocycles. The molecule has 3 aromatic rings. The average molecular weight is 639 g/mol. The summed E-state index contributed by atoms with van der Waals surface area (Å²) >= 11 is -0.749. The van der Waals surface area contributed by atoms with E-state index in [9.17, 15) is 13.2 Å². The first kappa shape index (κ1) is 23.2. The number of anilines is 2. The Kier molecular flexibility index (Phi) is 7.29. The topological polar surface area (TPSA) is 136 Å². The number of ether oxygens (including phenoxy) is 1. The number of hydrogen-bond acceptors (Lipinski definition) is 8. The van der Waals surface area contributed by atoms with Gasteiger partial charge in [-0.15, -0.1) is 0 Å². The van der Waals surface area contributed by atoms with Crippen molar-refractivity contribution in [2.75, 3.05) is 23.9 Å². The number of nitrogens with two attached hydrogens (primary N) is 1. The summed E-state index contributed by atoms with van der Waals surface area (Å²) in [7, 11) is -3.74. The molecule has 9 nitrogen and oxygen atoms in total. The van der Waals surface area contributed by atoms with Crippen molar-refractivity contribution in [2.24, 2.45) is 0 Å². The summed E-state index contributed by atoms with van der Waals surface area (Å²) in [5.74, 6) is 0.381. The Labute approximate surface area is 192 Å². The standard InChI is InChI=1S/C19H20N5O4S.CH3.Po/c1-3-28-14-6-4-5-12(9-14)17(19(25)24-29(2,26)27)23-13-7-8-15-16(10-13)21-11-22-18(15)20;;/h4-5,7-11,17,23H,3H2,1-2H3,(H,24,25)(H2,20,21,22);1H3;. The number of benzene rings is 2. The number of aromatic nitrogens is 2. The molecule has 0 fully saturated rings. The van der Waals surface area contributed by atoms with E-state index in [-0.39, 0.29) is 0 Å². The molecule has 4 N–H and O–H groups in total. The van der Waals surface area contributed by atoms with Crippen molar-refractivity contribution < 1.29 is 17.9 Å². The molecule has 0 aliphatic heterocycles. The first-order chi connectivity index (χ1) is 14.7. The maximum absolute atomic E-state index is 12.9. The summed E-state index contributed by atoms with van der Waals surface area (Å²) in [4.78, 5) is 21.0. The molecule has 0 aliphatic carbocycles. The second-order valence-electron chi connectivity index (χ2n) is 6.65. The second-order valence-corrected chi connectivity index (χ2v) is 11.7. The van der Waals surface area contributed by atoms with Gasteiger partial charge >= 0.3 is 193 Å². The molecular formula is C20H23N5O4PoS. The van der Waals surface area contributed by atoms with Gasteiger partial charge in [0.25, 0.3) is 0 Å². The van der Waals surface area contributed by atoms with Crippen LogP contribution in [0.5, 0.6) is 5.75 Å². The number of hydrogen-bond donors (Lipinski definition) is 3. The molecule has 3 rings (SSSR count). The maximum atomic E-state index is 12.9. The Morgan fingerprint density at radius 2 is 2.00 bits per heavy atom. The summed E-state index contributed by atoms with van der Waals surface area (Å²) in [6.45, 7) is 2.39. The monoisotopic (exact) mass is 638 g/mol. The Bertz CT molecular complexity index is 1220. The van der Waals surface area contributed by atoms with E-state index in [0.717, 1.165) is 15.2 Å². The molecule has 11 heteroatoms. The molecule has 1 amide bonds. The van der Waals surface area contributed by atoms with Crippen LogP contribution in [0, 0.1) is 0 Å². The van der Waals surface area contributed by atoms with Crippen molar-refractivity contribution in [3.05, 3.63) is 48.3 Å². The molecule has 0 aliphatic rings. The zero-order chi connectivity index (χ0) is 22.6. The number of carbonyl (C=O) groups excluding carboxylic acids is 1. The van der Waals surface area contributed by atoms with Crippen LogP contribution in [0.3, 0.4) is 0 Å². The van der Waals surface area contributed by atoms with Crippen molar-refractivity contribution in [1.82, 2.24) is 14.7 Å². The number of sulfonamides is 1. The number of nitrogens with one attached hydrogen (secondary N) is 2. The molecule has 1 heterocycles. The third-order valence-electron chi connectivity index (χ3n) is 4.35. The molecule has 0 bridgehead atoms. The van der Waals surface area contributed by atoms with Crippen molar-refractivity contribution >= 4 is 65.1 Å². The predicted molar refractivity (Wildman–Crippen MR) is 122 cm³/mol. The third-order valence-corrected chi connectivity index (χ3v) is 7.94. The molecule has 1 unspecified atom stereocenters. The summed E-state index contributed by atoms with van der Waals surface area (Å²) in [5, 5.41) is 3.80. The summed E-state index contributed by atoms with van der Waals surface area (Å²) in [6.07, 6.45) is 2.30. The number of nitrogens with zero attached hydrogens (tertiary/aromatic N) is 2. The first-order valence-electron chi connectivity index (χ1n) is 9.31. The van der Waals surface area contributed by atoms with Crippen molar-refractivity contribution in [1.29, 1.82) is 0 Å². The Hall–Kier alpha value is -2.50. The van der Waals surface area contributed by atoms with E-state index in [1.807, 2.05) is 19.1 Å². The molecule has 2 aromatic carbocycles. The van der Waals surface area contributed by atoms with Crippen LogP contribution in [0.1, 0.15) is 18.5 Å². The predicted octanol–water partition coefficient (Wildman–Crippen LogP) is 1.22. The normalized spacial score (nSPS) is 12.4. The molecular weight excluding hydrogens is 615 g/mol. The molecule has 164 valence electrons. The van der Waals surface area contributed by atoms with E-state index in [1.54, 1.807) is 24.3 Å². The minimum atomic E-state index is -3.74. The zero-order valence-electron chi connectivity index (χ0n) is 17.2. The quantitative estimate of drug-likeness (QED) is 0.335. The van der Waals surface area contributed by atoms with Gasteiger partial charge in [0.2, 0.25) is 0 Å². The number of amides is 1. The van der Waals surface area contributed by atoms with Gasteiger partial charge in [0.15, 0.2) is 0 Å². The van der Waals surface area contributed by atoms with Gasteiger partial charge in [0.05, 0.1) is 0 Å². The van der Waals surface area contributed by atoms with Gasteiger partial charge in [0.1, 0.15) is 0 Å². The van der Waals surface area contributed by atoms with E-state index < -0.39 is 45.5 Å².